The van der Waals surface area contributed by atoms with Crippen LogP contribution in [0.25, 0.3) is 11.0 Å². The Balaban J connectivity index is 1.60. The Morgan fingerprint density at radius 1 is 1.26 bits per heavy atom. The first-order valence-electron chi connectivity index (χ1n) is 7.03. The van der Waals surface area contributed by atoms with Crippen LogP contribution in [0.5, 0.6) is 5.75 Å². The van der Waals surface area contributed by atoms with E-state index in [1.165, 1.54) is 0 Å². The second-order valence-corrected chi connectivity index (χ2v) is 5.79. The summed E-state index contributed by atoms with van der Waals surface area (Å²) in [7, 11) is 0. The molecule has 0 unspecified atom stereocenters. The molecule has 1 fully saturated rings. The zero-order valence-electron chi connectivity index (χ0n) is 11.8. The van der Waals surface area contributed by atoms with Gasteiger partial charge in [-0.15, -0.1) is 0 Å². The van der Waals surface area contributed by atoms with E-state index in [1.807, 2.05) is 25.1 Å². The molecule has 0 radical (unpaired) electrons. The van der Waals surface area contributed by atoms with E-state index in [4.69, 9.17) is 9.15 Å². The number of nitrogens with one attached hydrogen (secondary N) is 1. The lowest BCUT2D eigenvalue weighted by molar-refractivity contribution is 0.0816. The average molecular weight is 259 g/mol. The Labute approximate surface area is 113 Å². The van der Waals surface area contributed by atoms with Crippen LogP contribution in [0.4, 0.5) is 0 Å². The third-order valence-corrected chi connectivity index (χ3v) is 3.58. The van der Waals surface area contributed by atoms with Gasteiger partial charge in [0.1, 0.15) is 23.2 Å². The Hall–Kier alpha value is -1.48. The molecule has 0 amide bonds. The molecule has 0 atom stereocenters. The van der Waals surface area contributed by atoms with Crippen LogP contribution in [0.15, 0.2) is 28.7 Å². The van der Waals surface area contributed by atoms with Gasteiger partial charge in [0.2, 0.25) is 0 Å². The van der Waals surface area contributed by atoms with Crippen LogP contribution in [0, 0.1) is 6.92 Å². The fraction of sp³-hybridized carbons (Fsp3) is 0.500. The van der Waals surface area contributed by atoms with E-state index in [1.54, 1.807) is 0 Å². The SMILES string of the molecule is Cc1cc2cc(OC3CC(NC(C)C)C3)ccc2o1. The summed E-state index contributed by atoms with van der Waals surface area (Å²) in [6.45, 7) is 6.33. The number of aryl methyl sites for hydroxylation is 1. The molecule has 1 saturated carbocycles. The summed E-state index contributed by atoms with van der Waals surface area (Å²) in [5.74, 6) is 1.89. The van der Waals surface area contributed by atoms with Crippen LogP contribution in [0.1, 0.15) is 32.4 Å². The summed E-state index contributed by atoms with van der Waals surface area (Å²) < 4.78 is 11.6. The van der Waals surface area contributed by atoms with Gasteiger partial charge in [0, 0.05) is 17.5 Å². The first kappa shape index (κ1) is 12.5. The second-order valence-electron chi connectivity index (χ2n) is 5.79. The summed E-state index contributed by atoms with van der Waals surface area (Å²) in [6, 6.07) is 9.26. The van der Waals surface area contributed by atoms with Crippen molar-refractivity contribution in [1.29, 1.82) is 0 Å². The zero-order chi connectivity index (χ0) is 13.4. The van der Waals surface area contributed by atoms with Gasteiger partial charge in [-0.2, -0.15) is 0 Å². The molecule has 1 aliphatic rings. The molecule has 1 aromatic carbocycles. The minimum Gasteiger partial charge on any atom is -0.490 e. The molecule has 1 heterocycles. The summed E-state index contributed by atoms with van der Waals surface area (Å²) in [6.07, 6.45) is 2.54. The molecular formula is C16H21NO2. The van der Waals surface area contributed by atoms with Gasteiger partial charge in [0.25, 0.3) is 0 Å². The van der Waals surface area contributed by atoms with Crippen molar-refractivity contribution in [2.75, 3.05) is 0 Å². The highest BCUT2D eigenvalue weighted by Crippen LogP contribution is 2.29. The van der Waals surface area contributed by atoms with E-state index in [2.05, 4.69) is 25.2 Å². The van der Waals surface area contributed by atoms with Gasteiger partial charge in [-0.05, 0) is 44.0 Å². The third-order valence-electron chi connectivity index (χ3n) is 3.58. The summed E-state index contributed by atoms with van der Waals surface area (Å²) in [4.78, 5) is 0. The van der Waals surface area contributed by atoms with E-state index in [9.17, 15) is 0 Å². The Morgan fingerprint density at radius 3 is 2.79 bits per heavy atom. The molecule has 102 valence electrons. The van der Waals surface area contributed by atoms with Gasteiger partial charge >= 0.3 is 0 Å². The molecule has 0 saturated heterocycles. The number of benzene rings is 1. The smallest absolute Gasteiger partial charge is 0.134 e. The molecule has 3 rings (SSSR count). The maximum absolute atomic E-state index is 6.00. The van der Waals surface area contributed by atoms with Crippen LogP contribution in [0.2, 0.25) is 0 Å². The van der Waals surface area contributed by atoms with Gasteiger partial charge in [0.15, 0.2) is 0 Å². The van der Waals surface area contributed by atoms with Crippen LogP contribution in [0.3, 0.4) is 0 Å². The van der Waals surface area contributed by atoms with E-state index >= 15 is 0 Å². The number of hydrogen-bond donors (Lipinski definition) is 1. The predicted molar refractivity (Wildman–Crippen MR) is 76.7 cm³/mol. The molecule has 1 aromatic heterocycles. The van der Waals surface area contributed by atoms with Crippen LogP contribution in [-0.2, 0) is 0 Å². The first-order valence-corrected chi connectivity index (χ1v) is 7.03. The molecular weight excluding hydrogens is 238 g/mol. The summed E-state index contributed by atoms with van der Waals surface area (Å²) in [5, 5.41) is 4.65. The highest BCUT2D eigenvalue weighted by Gasteiger charge is 2.30. The fourth-order valence-electron chi connectivity index (χ4n) is 2.69. The van der Waals surface area contributed by atoms with E-state index in [-0.39, 0.29) is 0 Å². The van der Waals surface area contributed by atoms with Crippen LogP contribution >= 0.6 is 0 Å². The molecule has 0 aliphatic heterocycles. The lowest BCUT2D eigenvalue weighted by atomic mass is 9.88. The van der Waals surface area contributed by atoms with Crippen molar-refractivity contribution >= 4 is 11.0 Å². The van der Waals surface area contributed by atoms with Crippen LogP contribution < -0.4 is 10.1 Å². The fourth-order valence-corrected chi connectivity index (χ4v) is 2.69. The number of rotatable bonds is 4. The maximum Gasteiger partial charge on any atom is 0.134 e. The van der Waals surface area contributed by atoms with Gasteiger partial charge in [-0.25, -0.2) is 0 Å². The molecule has 0 bridgehead atoms. The van der Waals surface area contributed by atoms with Crippen molar-refractivity contribution in [3.05, 3.63) is 30.0 Å². The van der Waals surface area contributed by atoms with Gasteiger partial charge in [-0.3, -0.25) is 0 Å². The van der Waals surface area contributed by atoms with E-state index in [0.29, 0.717) is 18.2 Å². The van der Waals surface area contributed by atoms with Crippen molar-refractivity contribution in [3.63, 3.8) is 0 Å². The number of fused-ring (bicyclic) bond motifs is 1. The Morgan fingerprint density at radius 2 is 2.05 bits per heavy atom. The van der Waals surface area contributed by atoms with Crippen molar-refractivity contribution in [2.45, 2.75) is 51.8 Å². The number of furan rings is 1. The quantitative estimate of drug-likeness (QED) is 0.910. The minimum absolute atomic E-state index is 0.349. The highest BCUT2D eigenvalue weighted by atomic mass is 16.5. The van der Waals surface area contributed by atoms with E-state index in [0.717, 1.165) is 35.3 Å². The van der Waals surface area contributed by atoms with Gasteiger partial charge < -0.3 is 14.5 Å². The highest BCUT2D eigenvalue weighted by molar-refractivity contribution is 5.79. The third kappa shape index (κ3) is 2.76. The maximum atomic E-state index is 6.00. The minimum atomic E-state index is 0.349. The summed E-state index contributed by atoms with van der Waals surface area (Å²) >= 11 is 0. The van der Waals surface area contributed by atoms with E-state index < -0.39 is 0 Å². The molecule has 3 heteroatoms. The predicted octanol–water partition coefficient (Wildman–Crippen LogP) is 3.65. The first-order chi connectivity index (χ1) is 9.10. The Bertz CT molecular complexity index is 567. The summed E-state index contributed by atoms with van der Waals surface area (Å²) in [5.41, 5.74) is 0.929. The van der Waals surface area contributed by atoms with Crippen molar-refractivity contribution < 1.29 is 9.15 Å². The Kier molecular flexibility index (Phi) is 3.23. The number of ether oxygens (including phenoxy) is 1. The molecule has 0 spiro atoms. The van der Waals surface area contributed by atoms with Crippen molar-refractivity contribution in [1.82, 2.24) is 5.32 Å². The van der Waals surface area contributed by atoms with Gasteiger partial charge in [0.05, 0.1) is 0 Å². The normalized spacial score (nSPS) is 22.7. The van der Waals surface area contributed by atoms with Crippen LogP contribution in [-0.4, -0.2) is 18.2 Å². The molecule has 1 aliphatic carbocycles. The lowest BCUT2D eigenvalue weighted by Gasteiger charge is -2.37. The topological polar surface area (TPSA) is 34.4 Å². The standard InChI is InChI=1S/C16H21NO2/c1-10(2)17-13-8-15(9-13)19-14-4-5-16-12(7-14)6-11(3)18-16/h4-7,10,13,15,17H,8-9H2,1-3H3. The largest absolute Gasteiger partial charge is 0.490 e. The van der Waals surface area contributed by atoms with Crippen molar-refractivity contribution in [2.24, 2.45) is 0 Å². The molecule has 19 heavy (non-hydrogen) atoms. The lowest BCUT2D eigenvalue weighted by Crippen LogP contribution is -2.49. The number of hydrogen-bond acceptors (Lipinski definition) is 3. The second kappa shape index (κ2) is 4.89. The monoisotopic (exact) mass is 259 g/mol. The van der Waals surface area contributed by atoms with Crippen molar-refractivity contribution in [3.8, 4) is 5.75 Å². The average Bonchev–Trinajstić information content (AvgIpc) is 2.65. The molecule has 2 aromatic rings. The zero-order valence-corrected chi connectivity index (χ0v) is 11.8. The molecule has 1 N–H and O–H groups in total. The van der Waals surface area contributed by atoms with Gasteiger partial charge in [-0.1, -0.05) is 13.8 Å². The molecule has 3 nitrogen and oxygen atoms in total.